The lowest BCUT2D eigenvalue weighted by Gasteiger charge is -2.14. The van der Waals surface area contributed by atoms with Gasteiger partial charge in [-0.1, -0.05) is 54.6 Å². The smallest absolute Gasteiger partial charge is 0.317 e. The maximum Gasteiger partial charge on any atom is 0.317 e. The lowest BCUT2D eigenvalue weighted by Crippen LogP contribution is -2.25. The largest absolute Gasteiger partial charge is 0.480 e. The number of hydrogen-bond acceptors (Lipinski definition) is 5. The van der Waals surface area contributed by atoms with Crippen LogP contribution in [0.4, 0.5) is 0 Å². The highest BCUT2D eigenvalue weighted by atomic mass is 35.5. The average molecular weight is 450 g/mol. The average Bonchev–Trinajstić information content (AvgIpc) is 3.24. The Hall–Kier alpha value is -3.48. The number of carboxylic acids is 1. The van der Waals surface area contributed by atoms with Gasteiger partial charge in [0.05, 0.1) is 6.54 Å². The fraction of sp³-hybridized carbons (Fsp3) is 0.160. The van der Waals surface area contributed by atoms with Crippen molar-refractivity contribution in [2.24, 2.45) is 0 Å². The second kappa shape index (κ2) is 10.2. The van der Waals surface area contributed by atoms with E-state index in [1.165, 1.54) is 0 Å². The van der Waals surface area contributed by atoms with Gasteiger partial charge in [-0.25, -0.2) is 0 Å². The third-order valence-electron chi connectivity index (χ3n) is 5.11. The summed E-state index contributed by atoms with van der Waals surface area (Å²) < 4.78 is 6.02. The quantitative estimate of drug-likeness (QED) is 0.411. The van der Waals surface area contributed by atoms with Crippen molar-refractivity contribution >= 4 is 18.4 Å². The van der Waals surface area contributed by atoms with Crippen LogP contribution in [-0.2, 0) is 11.3 Å². The summed E-state index contributed by atoms with van der Waals surface area (Å²) in [4.78, 5) is 12.6. The third-order valence-corrected chi connectivity index (χ3v) is 5.11. The highest BCUT2D eigenvalue weighted by Crippen LogP contribution is 2.32. The highest BCUT2D eigenvalue weighted by Gasteiger charge is 2.15. The number of rotatable bonds is 7. The molecule has 164 valence electrons. The number of carboxylic acid groups (broad SMARTS) is 1. The minimum absolute atomic E-state index is 0. The van der Waals surface area contributed by atoms with Gasteiger partial charge in [-0.2, -0.15) is 0 Å². The normalized spacial score (nSPS) is 10.7. The molecule has 7 heteroatoms. The molecule has 1 N–H and O–H groups in total. The number of hydrogen-bond donors (Lipinski definition) is 1. The lowest BCUT2D eigenvalue weighted by atomic mass is 9.96. The van der Waals surface area contributed by atoms with Gasteiger partial charge in [0, 0.05) is 17.7 Å². The monoisotopic (exact) mass is 449 g/mol. The second-order valence-electron chi connectivity index (χ2n) is 7.52. The van der Waals surface area contributed by atoms with Gasteiger partial charge in [-0.15, -0.1) is 22.6 Å². The van der Waals surface area contributed by atoms with Crippen molar-refractivity contribution in [1.29, 1.82) is 0 Å². The SMILES string of the molecule is Cc1c(-c2ccccc2)cccc1-c1nnc(-c2cccc(CN(C)CC(=O)O)c2)o1.Cl. The van der Waals surface area contributed by atoms with Crippen molar-refractivity contribution in [2.75, 3.05) is 13.6 Å². The number of nitrogens with zero attached hydrogens (tertiary/aromatic N) is 3. The Morgan fingerprint density at radius 3 is 2.31 bits per heavy atom. The number of aliphatic carboxylic acids is 1. The first-order valence-electron chi connectivity index (χ1n) is 10.00. The standard InChI is InChI=1S/C25H23N3O3.ClH/c1-17-21(19-9-4-3-5-10-19)12-7-13-22(17)25-27-26-24(31-25)20-11-6-8-18(14-20)15-28(2)16-23(29)30;/h3-14H,15-16H2,1-2H3,(H,29,30);1H. The van der Waals surface area contributed by atoms with Gasteiger partial charge in [-0.05, 0) is 54.4 Å². The van der Waals surface area contributed by atoms with Crippen molar-refractivity contribution in [3.63, 3.8) is 0 Å². The molecule has 0 saturated heterocycles. The highest BCUT2D eigenvalue weighted by molar-refractivity contribution is 5.85. The Bertz CT molecular complexity index is 1210. The molecule has 0 unspecified atom stereocenters. The van der Waals surface area contributed by atoms with Crippen molar-refractivity contribution in [2.45, 2.75) is 13.5 Å². The fourth-order valence-corrected chi connectivity index (χ4v) is 3.65. The first kappa shape index (κ1) is 23.2. The van der Waals surface area contributed by atoms with E-state index in [-0.39, 0.29) is 19.0 Å². The van der Waals surface area contributed by atoms with Crippen LogP contribution in [0.2, 0.25) is 0 Å². The molecule has 0 saturated carbocycles. The maximum atomic E-state index is 10.9. The molecule has 6 nitrogen and oxygen atoms in total. The van der Waals surface area contributed by atoms with Gasteiger partial charge in [0.2, 0.25) is 11.8 Å². The van der Waals surface area contributed by atoms with E-state index in [2.05, 4.69) is 35.3 Å². The van der Waals surface area contributed by atoms with E-state index in [0.29, 0.717) is 18.3 Å². The summed E-state index contributed by atoms with van der Waals surface area (Å²) >= 11 is 0. The first-order valence-corrected chi connectivity index (χ1v) is 10.00. The van der Waals surface area contributed by atoms with E-state index in [4.69, 9.17) is 9.52 Å². The molecule has 0 aliphatic heterocycles. The summed E-state index contributed by atoms with van der Waals surface area (Å²) in [5.74, 6) is 0.0502. The molecule has 0 spiro atoms. The van der Waals surface area contributed by atoms with Gasteiger partial charge in [-0.3, -0.25) is 9.69 Å². The van der Waals surface area contributed by atoms with Crippen LogP contribution in [0.3, 0.4) is 0 Å². The number of aromatic nitrogens is 2. The second-order valence-corrected chi connectivity index (χ2v) is 7.52. The van der Waals surface area contributed by atoms with Gasteiger partial charge < -0.3 is 9.52 Å². The predicted octanol–water partition coefficient (Wildman–Crippen LogP) is 5.32. The molecule has 0 fully saturated rings. The molecule has 1 heterocycles. The van der Waals surface area contributed by atoms with Crippen LogP contribution in [0.25, 0.3) is 34.0 Å². The van der Waals surface area contributed by atoms with Crippen LogP contribution in [0.1, 0.15) is 11.1 Å². The van der Waals surface area contributed by atoms with E-state index in [1.54, 1.807) is 11.9 Å². The Balaban J connectivity index is 0.00000289. The number of halogens is 1. The lowest BCUT2D eigenvalue weighted by molar-refractivity contribution is -0.138. The zero-order valence-electron chi connectivity index (χ0n) is 17.9. The number of carbonyl (C=O) groups is 1. The van der Waals surface area contributed by atoms with Crippen LogP contribution < -0.4 is 0 Å². The van der Waals surface area contributed by atoms with E-state index >= 15 is 0 Å². The van der Waals surface area contributed by atoms with Gasteiger partial charge >= 0.3 is 5.97 Å². The van der Waals surface area contributed by atoms with Crippen LogP contribution >= 0.6 is 12.4 Å². The minimum Gasteiger partial charge on any atom is -0.480 e. The summed E-state index contributed by atoms with van der Waals surface area (Å²) in [7, 11) is 1.77. The van der Waals surface area contributed by atoms with Crippen LogP contribution in [0.15, 0.2) is 77.2 Å². The Morgan fingerprint density at radius 2 is 1.56 bits per heavy atom. The summed E-state index contributed by atoms with van der Waals surface area (Å²) in [5, 5.41) is 17.5. The molecule has 0 aliphatic rings. The van der Waals surface area contributed by atoms with Crippen molar-refractivity contribution < 1.29 is 14.3 Å². The zero-order chi connectivity index (χ0) is 21.8. The van der Waals surface area contributed by atoms with E-state index < -0.39 is 5.97 Å². The molecule has 0 bridgehead atoms. The summed E-state index contributed by atoms with van der Waals surface area (Å²) in [6.45, 7) is 2.55. The third kappa shape index (κ3) is 5.22. The van der Waals surface area contributed by atoms with Crippen LogP contribution in [-0.4, -0.2) is 39.8 Å². The number of likely N-dealkylation sites (N-methyl/N-ethyl adjacent to an activating group) is 1. The van der Waals surface area contributed by atoms with Gasteiger partial charge in [0.15, 0.2) is 0 Å². The van der Waals surface area contributed by atoms with Crippen molar-refractivity contribution in [1.82, 2.24) is 15.1 Å². The molecule has 0 atom stereocenters. The molecule has 4 aromatic rings. The fourth-order valence-electron chi connectivity index (χ4n) is 3.65. The predicted molar refractivity (Wildman–Crippen MR) is 127 cm³/mol. The van der Waals surface area contributed by atoms with Crippen LogP contribution in [0.5, 0.6) is 0 Å². The van der Waals surface area contributed by atoms with E-state index in [0.717, 1.165) is 33.4 Å². The molecular formula is C25H24ClN3O3. The Kier molecular flexibility index (Phi) is 7.41. The van der Waals surface area contributed by atoms with Crippen molar-refractivity contribution in [3.8, 4) is 34.0 Å². The van der Waals surface area contributed by atoms with Gasteiger partial charge in [0.1, 0.15) is 0 Å². The maximum absolute atomic E-state index is 10.9. The Labute approximate surface area is 192 Å². The molecular weight excluding hydrogens is 426 g/mol. The van der Waals surface area contributed by atoms with E-state index in [9.17, 15) is 4.79 Å². The van der Waals surface area contributed by atoms with Crippen molar-refractivity contribution in [3.05, 3.63) is 83.9 Å². The summed E-state index contributed by atoms with van der Waals surface area (Å²) in [5.41, 5.74) is 6.02. The molecule has 1 aromatic heterocycles. The molecule has 32 heavy (non-hydrogen) atoms. The zero-order valence-corrected chi connectivity index (χ0v) is 18.7. The molecule has 0 amide bonds. The van der Waals surface area contributed by atoms with E-state index in [1.807, 2.05) is 54.6 Å². The summed E-state index contributed by atoms with van der Waals surface area (Å²) in [6.07, 6.45) is 0. The van der Waals surface area contributed by atoms with Gasteiger partial charge in [0.25, 0.3) is 0 Å². The molecule has 0 radical (unpaired) electrons. The summed E-state index contributed by atoms with van der Waals surface area (Å²) in [6, 6.07) is 24.0. The minimum atomic E-state index is -0.853. The van der Waals surface area contributed by atoms with Crippen LogP contribution in [0, 0.1) is 6.92 Å². The molecule has 0 aliphatic carbocycles. The molecule has 3 aromatic carbocycles. The number of benzene rings is 3. The topological polar surface area (TPSA) is 79.5 Å². The molecule has 4 rings (SSSR count). The first-order chi connectivity index (χ1) is 15.0. The Morgan fingerprint density at radius 1 is 0.906 bits per heavy atom.